The third-order valence-corrected chi connectivity index (χ3v) is 3.72. The first-order valence-electron chi connectivity index (χ1n) is 6.54. The topological polar surface area (TPSA) is 66.8 Å². The van der Waals surface area contributed by atoms with Crippen LogP contribution >= 0.6 is 23.2 Å². The largest absolute Gasteiger partial charge is 0.480 e. The van der Waals surface area contributed by atoms with Gasteiger partial charge in [-0.3, -0.25) is 4.79 Å². The maximum absolute atomic E-state index is 12.4. The van der Waals surface area contributed by atoms with Crippen molar-refractivity contribution in [2.45, 2.75) is 18.9 Å². The fraction of sp³-hybridized carbons (Fsp3) is 0.429. The summed E-state index contributed by atoms with van der Waals surface area (Å²) in [5.74, 6) is -1.11. The van der Waals surface area contributed by atoms with Gasteiger partial charge in [-0.05, 0) is 31.0 Å². The van der Waals surface area contributed by atoms with E-state index in [-0.39, 0.29) is 18.6 Å². The van der Waals surface area contributed by atoms with E-state index < -0.39 is 5.97 Å². The molecule has 0 aliphatic carbocycles. The quantitative estimate of drug-likeness (QED) is 0.921. The van der Waals surface area contributed by atoms with Gasteiger partial charge in [0, 0.05) is 28.7 Å². The van der Waals surface area contributed by atoms with Crippen LogP contribution in [0.4, 0.5) is 0 Å². The molecular weight excluding hydrogens is 317 g/mol. The molecule has 1 heterocycles. The highest BCUT2D eigenvalue weighted by Gasteiger charge is 2.24. The lowest BCUT2D eigenvalue weighted by molar-refractivity contribution is -0.145. The summed E-state index contributed by atoms with van der Waals surface area (Å²) in [7, 11) is 0. The Morgan fingerprint density at radius 1 is 1.19 bits per heavy atom. The van der Waals surface area contributed by atoms with Gasteiger partial charge < -0.3 is 14.7 Å². The van der Waals surface area contributed by atoms with Crippen molar-refractivity contribution < 1.29 is 19.4 Å². The number of ether oxygens (including phenoxy) is 1. The van der Waals surface area contributed by atoms with Crippen LogP contribution in [0, 0.1) is 0 Å². The smallest absolute Gasteiger partial charge is 0.329 e. The Morgan fingerprint density at radius 2 is 1.76 bits per heavy atom. The first-order chi connectivity index (χ1) is 9.95. The molecule has 0 radical (unpaired) electrons. The van der Waals surface area contributed by atoms with Crippen molar-refractivity contribution in [2.75, 3.05) is 19.7 Å². The van der Waals surface area contributed by atoms with Gasteiger partial charge in [-0.1, -0.05) is 23.2 Å². The first-order valence-corrected chi connectivity index (χ1v) is 7.30. The van der Waals surface area contributed by atoms with Crippen LogP contribution < -0.4 is 0 Å². The van der Waals surface area contributed by atoms with Gasteiger partial charge in [0.15, 0.2) is 0 Å². The molecule has 0 saturated carbocycles. The Morgan fingerprint density at radius 3 is 2.29 bits per heavy atom. The van der Waals surface area contributed by atoms with E-state index in [0.29, 0.717) is 41.5 Å². The molecule has 2 rings (SSSR count). The average molecular weight is 332 g/mol. The molecule has 0 bridgehead atoms. The molecule has 21 heavy (non-hydrogen) atoms. The van der Waals surface area contributed by atoms with E-state index in [0.717, 1.165) is 0 Å². The minimum absolute atomic E-state index is 0.118. The highest BCUT2D eigenvalue weighted by atomic mass is 35.5. The van der Waals surface area contributed by atoms with Crippen molar-refractivity contribution in [3.8, 4) is 0 Å². The summed E-state index contributed by atoms with van der Waals surface area (Å²) in [5.41, 5.74) is 0.456. The molecule has 5 nitrogen and oxygen atoms in total. The zero-order chi connectivity index (χ0) is 15.4. The molecular formula is C14H15Cl2NO4. The van der Waals surface area contributed by atoms with Crippen LogP contribution in [0.3, 0.4) is 0 Å². The predicted octanol–water partition coefficient (Wildman–Crippen LogP) is 2.70. The maximum Gasteiger partial charge on any atom is 0.329 e. The van der Waals surface area contributed by atoms with Gasteiger partial charge in [-0.2, -0.15) is 0 Å². The fourth-order valence-corrected chi connectivity index (χ4v) is 2.80. The second-order valence-corrected chi connectivity index (χ2v) is 5.73. The zero-order valence-corrected chi connectivity index (χ0v) is 12.7. The molecule has 1 aromatic carbocycles. The lowest BCUT2D eigenvalue weighted by atomic mass is 10.1. The van der Waals surface area contributed by atoms with Gasteiger partial charge >= 0.3 is 5.97 Å². The Balaban J connectivity index is 1.92. The third kappa shape index (κ3) is 4.59. The normalized spacial score (nSPS) is 16.0. The number of carboxylic acids is 1. The second kappa shape index (κ2) is 7.11. The SMILES string of the molecule is O=C(O)COC1CCN(C(=O)c2cc(Cl)cc(Cl)c2)CC1. The van der Waals surface area contributed by atoms with E-state index in [4.69, 9.17) is 33.0 Å². The third-order valence-electron chi connectivity index (χ3n) is 3.28. The van der Waals surface area contributed by atoms with Crippen LogP contribution in [0.1, 0.15) is 23.2 Å². The van der Waals surface area contributed by atoms with E-state index in [9.17, 15) is 9.59 Å². The number of rotatable bonds is 4. The van der Waals surface area contributed by atoms with Crippen molar-refractivity contribution in [3.63, 3.8) is 0 Å². The number of hydrogen-bond acceptors (Lipinski definition) is 3. The Kier molecular flexibility index (Phi) is 5.45. The maximum atomic E-state index is 12.4. The monoisotopic (exact) mass is 331 g/mol. The van der Waals surface area contributed by atoms with Gasteiger partial charge in [0.1, 0.15) is 6.61 Å². The van der Waals surface area contributed by atoms with Crippen molar-refractivity contribution in [3.05, 3.63) is 33.8 Å². The summed E-state index contributed by atoms with van der Waals surface area (Å²) in [6.07, 6.45) is 1.12. The molecule has 1 aromatic rings. The first kappa shape index (κ1) is 16.1. The number of halogens is 2. The van der Waals surface area contributed by atoms with Crippen LogP contribution in [0.15, 0.2) is 18.2 Å². The van der Waals surface area contributed by atoms with E-state index in [1.54, 1.807) is 23.1 Å². The van der Waals surface area contributed by atoms with Gasteiger partial charge in [-0.25, -0.2) is 4.79 Å². The van der Waals surface area contributed by atoms with Crippen LogP contribution in [-0.2, 0) is 9.53 Å². The Labute approximate surface area is 132 Å². The molecule has 7 heteroatoms. The van der Waals surface area contributed by atoms with Crippen LogP contribution in [0.2, 0.25) is 10.0 Å². The second-order valence-electron chi connectivity index (χ2n) is 4.85. The Bertz CT molecular complexity index is 522. The Hall–Kier alpha value is -1.30. The van der Waals surface area contributed by atoms with Gasteiger partial charge in [-0.15, -0.1) is 0 Å². The number of carbonyl (C=O) groups excluding carboxylic acids is 1. The minimum atomic E-state index is -0.984. The molecule has 1 amide bonds. The number of nitrogens with zero attached hydrogens (tertiary/aromatic N) is 1. The number of hydrogen-bond donors (Lipinski definition) is 1. The summed E-state index contributed by atoms with van der Waals surface area (Å²) in [6, 6.07) is 4.75. The molecule has 114 valence electrons. The molecule has 0 atom stereocenters. The highest BCUT2D eigenvalue weighted by molar-refractivity contribution is 6.35. The van der Waals surface area contributed by atoms with Crippen LogP contribution in [0.5, 0.6) is 0 Å². The predicted molar refractivity (Wildman–Crippen MR) is 79.0 cm³/mol. The lowest BCUT2D eigenvalue weighted by Crippen LogP contribution is -2.41. The summed E-state index contributed by atoms with van der Waals surface area (Å²) < 4.78 is 5.24. The number of carbonyl (C=O) groups is 2. The van der Waals surface area contributed by atoms with Gasteiger partial charge in [0.25, 0.3) is 5.91 Å². The summed E-state index contributed by atoms with van der Waals surface area (Å²) >= 11 is 11.8. The molecule has 1 saturated heterocycles. The summed E-state index contributed by atoms with van der Waals surface area (Å²) in [6.45, 7) is 0.739. The number of benzene rings is 1. The van der Waals surface area contributed by atoms with Crippen molar-refractivity contribution >= 4 is 35.1 Å². The van der Waals surface area contributed by atoms with Crippen LogP contribution in [0.25, 0.3) is 0 Å². The molecule has 1 N–H and O–H groups in total. The lowest BCUT2D eigenvalue weighted by Gasteiger charge is -2.31. The number of amides is 1. The van der Waals surface area contributed by atoms with Crippen molar-refractivity contribution in [1.82, 2.24) is 4.90 Å². The van der Waals surface area contributed by atoms with Crippen molar-refractivity contribution in [2.24, 2.45) is 0 Å². The molecule has 0 spiro atoms. The van der Waals surface area contributed by atoms with Crippen molar-refractivity contribution in [1.29, 1.82) is 0 Å². The number of carboxylic acid groups (broad SMARTS) is 1. The fourth-order valence-electron chi connectivity index (χ4n) is 2.27. The van der Waals surface area contributed by atoms with E-state index in [2.05, 4.69) is 0 Å². The van der Waals surface area contributed by atoms with E-state index >= 15 is 0 Å². The van der Waals surface area contributed by atoms with Gasteiger partial charge in [0.2, 0.25) is 0 Å². The molecule has 1 aliphatic heterocycles. The minimum Gasteiger partial charge on any atom is -0.480 e. The van der Waals surface area contributed by atoms with E-state index in [1.165, 1.54) is 0 Å². The standard InChI is InChI=1S/C14H15Cl2NO4/c15-10-5-9(6-11(16)7-10)14(20)17-3-1-12(2-4-17)21-8-13(18)19/h5-7,12H,1-4,8H2,(H,18,19). The van der Waals surface area contributed by atoms with E-state index in [1.807, 2.05) is 0 Å². The zero-order valence-electron chi connectivity index (χ0n) is 11.2. The number of likely N-dealkylation sites (tertiary alicyclic amines) is 1. The average Bonchev–Trinajstić information content (AvgIpc) is 2.44. The number of aliphatic carboxylic acids is 1. The molecule has 0 aromatic heterocycles. The van der Waals surface area contributed by atoms with Crippen LogP contribution in [-0.4, -0.2) is 47.7 Å². The number of piperidine rings is 1. The summed E-state index contributed by atoms with van der Waals surface area (Å²) in [5, 5.41) is 9.41. The molecule has 1 aliphatic rings. The highest BCUT2D eigenvalue weighted by Crippen LogP contribution is 2.22. The molecule has 1 fully saturated rings. The molecule has 0 unspecified atom stereocenters. The van der Waals surface area contributed by atoms with Gasteiger partial charge in [0.05, 0.1) is 6.10 Å². The summed E-state index contributed by atoms with van der Waals surface area (Å²) in [4.78, 5) is 24.5.